The molecule has 2 amide bonds. The van der Waals surface area contributed by atoms with E-state index in [2.05, 4.69) is 15.2 Å². The van der Waals surface area contributed by atoms with Gasteiger partial charge in [-0.15, -0.1) is 10.2 Å². The summed E-state index contributed by atoms with van der Waals surface area (Å²) < 4.78 is 11.2. The minimum Gasteiger partial charge on any atom is -0.415 e. The van der Waals surface area contributed by atoms with Gasteiger partial charge in [-0.05, 0) is 31.1 Å². The van der Waals surface area contributed by atoms with Gasteiger partial charge in [0.1, 0.15) is 5.69 Å². The molecule has 0 unspecified atom stereocenters. The van der Waals surface area contributed by atoms with Gasteiger partial charge >= 0.3 is 6.03 Å². The number of aryl methyl sites for hydroxylation is 1. The lowest BCUT2D eigenvalue weighted by Gasteiger charge is -2.34. The van der Waals surface area contributed by atoms with Crippen LogP contribution in [0.3, 0.4) is 0 Å². The number of hydrogen-bond acceptors (Lipinski definition) is 7. The molecular formula is C23H26N6O3. The number of morpholine rings is 1. The van der Waals surface area contributed by atoms with Crippen LogP contribution in [-0.2, 0) is 4.74 Å². The number of carbonyl (C=O) groups is 1. The fraction of sp³-hybridized carbons (Fsp3) is 0.348. The van der Waals surface area contributed by atoms with Gasteiger partial charge in [-0.2, -0.15) is 0 Å². The van der Waals surface area contributed by atoms with Crippen LogP contribution in [0.1, 0.15) is 19.2 Å². The highest BCUT2D eigenvalue weighted by Crippen LogP contribution is 2.27. The molecule has 5 rings (SSSR count). The Hall–Kier alpha value is -3.59. The number of ether oxygens (including phenoxy) is 1. The first-order valence-electron chi connectivity index (χ1n) is 10.7. The van der Waals surface area contributed by atoms with Crippen molar-refractivity contribution in [2.45, 2.75) is 13.3 Å². The average molecular weight is 435 g/mol. The number of amides is 2. The molecule has 2 aliphatic rings. The second-order valence-electron chi connectivity index (χ2n) is 7.78. The molecule has 0 spiro atoms. The summed E-state index contributed by atoms with van der Waals surface area (Å²) >= 11 is 0. The third-order valence-electron chi connectivity index (χ3n) is 5.69. The summed E-state index contributed by atoms with van der Waals surface area (Å²) in [6.07, 6.45) is 4.53. The molecule has 9 nitrogen and oxygen atoms in total. The van der Waals surface area contributed by atoms with Crippen LogP contribution in [0.5, 0.6) is 0 Å². The fourth-order valence-electron chi connectivity index (χ4n) is 3.85. The first kappa shape index (κ1) is 20.3. The van der Waals surface area contributed by atoms with E-state index in [1.54, 1.807) is 6.20 Å². The van der Waals surface area contributed by atoms with Crippen molar-refractivity contribution in [3.63, 3.8) is 0 Å². The summed E-state index contributed by atoms with van der Waals surface area (Å²) in [7, 11) is 0. The maximum absolute atomic E-state index is 12.7. The number of carbonyl (C=O) groups excluding carboxylic acids is 1. The van der Waals surface area contributed by atoms with Crippen molar-refractivity contribution < 1.29 is 15.4 Å². The molecule has 2 aromatic heterocycles. The van der Waals surface area contributed by atoms with Gasteiger partial charge in [0.2, 0.25) is 5.89 Å². The first-order valence-corrected chi connectivity index (χ1v) is 10.7. The quantitative estimate of drug-likeness (QED) is 0.624. The molecule has 3 aromatic rings. The number of aromatic nitrogens is 4. The molecule has 1 fully saturated rings. The highest BCUT2D eigenvalue weighted by molar-refractivity contribution is 5.76. The highest BCUT2D eigenvalue weighted by atomic mass is 16.5. The van der Waals surface area contributed by atoms with Crippen molar-refractivity contribution in [2.75, 3.05) is 39.4 Å². The summed E-state index contributed by atoms with van der Waals surface area (Å²) in [5.41, 5.74) is 3.98. The summed E-state index contributed by atoms with van der Waals surface area (Å²) in [5.74, 6) is 0.789. The highest BCUT2D eigenvalue weighted by Gasteiger charge is 2.25. The van der Waals surface area contributed by atoms with Crippen molar-refractivity contribution in [3.8, 4) is 23.0 Å². The Morgan fingerprint density at radius 1 is 1.03 bits per heavy atom. The Morgan fingerprint density at radius 3 is 2.56 bits per heavy atom. The summed E-state index contributed by atoms with van der Waals surface area (Å²) in [4.78, 5) is 25.7. The molecule has 166 valence electrons. The van der Waals surface area contributed by atoms with Crippen LogP contribution in [0.4, 0.5) is 4.79 Å². The Labute approximate surface area is 187 Å². The summed E-state index contributed by atoms with van der Waals surface area (Å²) in [6, 6.07) is 9.69. The van der Waals surface area contributed by atoms with Crippen LogP contribution < -0.4 is 0 Å². The minimum absolute atomic E-state index is 0. The molecule has 0 bridgehead atoms. The Balaban J connectivity index is 0.00000259. The smallest absolute Gasteiger partial charge is 0.320 e. The summed E-state index contributed by atoms with van der Waals surface area (Å²) in [6.45, 7) is 5.56. The predicted octanol–water partition coefficient (Wildman–Crippen LogP) is 3.29. The zero-order valence-corrected chi connectivity index (χ0v) is 17.9. The van der Waals surface area contributed by atoms with E-state index in [1.807, 2.05) is 53.1 Å². The maximum atomic E-state index is 12.7. The number of hydrogen-bond donors (Lipinski definition) is 0. The van der Waals surface area contributed by atoms with Crippen molar-refractivity contribution in [1.29, 1.82) is 0 Å². The standard InChI is InChI=1S/C23H24N6O3.H2/c1-16-20(22-27-26-21(32-22)18-5-3-2-4-6-18)25-19(15-24-16)17-7-9-28(10-8-17)23(30)29-11-13-31-14-12-29;/h2-7,15H,8-14H2,1H3;1H. The van der Waals surface area contributed by atoms with E-state index in [9.17, 15) is 4.79 Å². The van der Waals surface area contributed by atoms with Gasteiger partial charge < -0.3 is 19.0 Å². The zero-order valence-electron chi connectivity index (χ0n) is 17.9. The second kappa shape index (κ2) is 8.88. The first-order chi connectivity index (χ1) is 15.7. The molecule has 9 heteroatoms. The summed E-state index contributed by atoms with van der Waals surface area (Å²) in [5, 5.41) is 8.35. The van der Waals surface area contributed by atoms with Gasteiger partial charge in [-0.25, -0.2) is 9.78 Å². The van der Waals surface area contributed by atoms with E-state index < -0.39 is 0 Å². The van der Waals surface area contributed by atoms with E-state index in [0.717, 1.165) is 22.5 Å². The molecule has 32 heavy (non-hydrogen) atoms. The number of urea groups is 1. The van der Waals surface area contributed by atoms with E-state index in [1.165, 1.54) is 0 Å². The SMILES string of the molecule is Cc1ncc(C2=CCN(C(=O)N3CCOCC3)CC2)nc1-c1nnc(-c2ccccc2)o1.[HH]. The normalized spacial score (nSPS) is 16.7. The van der Waals surface area contributed by atoms with Crippen LogP contribution in [0, 0.1) is 6.92 Å². The molecule has 0 N–H and O–H groups in total. The van der Waals surface area contributed by atoms with E-state index >= 15 is 0 Å². The van der Waals surface area contributed by atoms with Gasteiger partial charge in [-0.3, -0.25) is 4.98 Å². The van der Waals surface area contributed by atoms with Crippen LogP contribution >= 0.6 is 0 Å². The molecular weight excluding hydrogens is 408 g/mol. The third-order valence-corrected chi connectivity index (χ3v) is 5.69. The van der Waals surface area contributed by atoms with Crippen molar-refractivity contribution >= 4 is 11.6 Å². The van der Waals surface area contributed by atoms with E-state index in [0.29, 0.717) is 63.3 Å². The molecule has 1 saturated heterocycles. The lowest BCUT2D eigenvalue weighted by molar-refractivity contribution is 0.0441. The van der Waals surface area contributed by atoms with Crippen molar-refractivity contribution in [2.24, 2.45) is 0 Å². The van der Waals surface area contributed by atoms with Crippen molar-refractivity contribution in [3.05, 3.63) is 54.0 Å². The predicted molar refractivity (Wildman–Crippen MR) is 120 cm³/mol. The van der Waals surface area contributed by atoms with Crippen LogP contribution in [0.25, 0.3) is 28.6 Å². The average Bonchev–Trinajstić information content (AvgIpc) is 3.35. The van der Waals surface area contributed by atoms with E-state index in [-0.39, 0.29) is 7.46 Å². The van der Waals surface area contributed by atoms with Gasteiger partial charge in [0.15, 0.2) is 0 Å². The van der Waals surface area contributed by atoms with Crippen molar-refractivity contribution in [1.82, 2.24) is 30.0 Å². The second-order valence-corrected chi connectivity index (χ2v) is 7.78. The van der Waals surface area contributed by atoms with Gasteiger partial charge in [0.05, 0.1) is 30.8 Å². The number of nitrogens with zero attached hydrogens (tertiary/aromatic N) is 6. The monoisotopic (exact) mass is 434 g/mol. The lowest BCUT2D eigenvalue weighted by atomic mass is 10.0. The minimum atomic E-state index is 0. The molecule has 2 aliphatic heterocycles. The third kappa shape index (κ3) is 4.11. The van der Waals surface area contributed by atoms with Crippen LogP contribution in [0.15, 0.2) is 47.0 Å². The molecule has 1 aromatic carbocycles. The molecule has 0 saturated carbocycles. The van der Waals surface area contributed by atoms with Crippen LogP contribution in [-0.4, -0.2) is 75.4 Å². The Morgan fingerprint density at radius 2 is 1.81 bits per heavy atom. The van der Waals surface area contributed by atoms with Gasteiger partial charge in [-0.1, -0.05) is 24.3 Å². The van der Waals surface area contributed by atoms with Crippen LogP contribution in [0.2, 0.25) is 0 Å². The number of rotatable bonds is 3. The molecule has 0 atom stereocenters. The topological polar surface area (TPSA) is 97.5 Å². The molecule has 0 radical (unpaired) electrons. The Bertz CT molecular complexity index is 1140. The Kier molecular flexibility index (Phi) is 5.64. The largest absolute Gasteiger partial charge is 0.415 e. The van der Waals surface area contributed by atoms with E-state index in [4.69, 9.17) is 14.1 Å². The van der Waals surface area contributed by atoms with Gasteiger partial charge in [0.25, 0.3) is 5.89 Å². The maximum Gasteiger partial charge on any atom is 0.320 e. The lowest BCUT2D eigenvalue weighted by Crippen LogP contribution is -2.49. The molecule has 0 aliphatic carbocycles. The molecule has 4 heterocycles. The van der Waals surface area contributed by atoms with Gasteiger partial charge in [0, 0.05) is 33.2 Å². The number of benzene rings is 1. The fourth-order valence-corrected chi connectivity index (χ4v) is 3.85. The zero-order chi connectivity index (χ0) is 21.9.